The lowest BCUT2D eigenvalue weighted by Crippen LogP contribution is -2.42. The molecule has 0 aromatic heterocycles. The molecule has 88 valence electrons. The molecule has 0 amide bonds. The zero-order valence-electron chi connectivity index (χ0n) is 9.18. The minimum absolute atomic E-state index is 0.175. The van der Waals surface area contributed by atoms with E-state index in [1.165, 1.54) is 0 Å². The van der Waals surface area contributed by atoms with Gasteiger partial charge in [-0.15, -0.1) is 0 Å². The van der Waals surface area contributed by atoms with Gasteiger partial charge < -0.3 is 4.74 Å². The van der Waals surface area contributed by atoms with E-state index in [-0.39, 0.29) is 5.78 Å². The monoisotopic (exact) mass is 342 g/mol. The molecule has 3 nitrogen and oxygen atoms in total. The predicted octanol–water partition coefficient (Wildman–Crippen LogP) is 3.04. The van der Waals surface area contributed by atoms with E-state index in [0.717, 1.165) is 0 Å². The first kappa shape index (κ1) is 15.1. The average Bonchev–Trinajstić information content (AvgIpc) is 2.20. The summed E-state index contributed by atoms with van der Waals surface area (Å²) in [5, 5.41) is 0. The van der Waals surface area contributed by atoms with Crippen molar-refractivity contribution < 1.29 is 14.3 Å². The minimum atomic E-state index is -1.02. The molecule has 0 radical (unpaired) electrons. The summed E-state index contributed by atoms with van der Waals surface area (Å²) in [6.07, 6.45) is 0.906. The molecule has 5 heteroatoms. The number of Topliss-reactive ketones (excluding diaryl/α,β-unsaturated/α-hetero) is 1. The number of rotatable bonds is 6. The Kier molecular flexibility index (Phi) is 6.68. The van der Waals surface area contributed by atoms with E-state index in [4.69, 9.17) is 4.74 Å². The lowest BCUT2D eigenvalue weighted by atomic mass is 9.79. The van der Waals surface area contributed by atoms with Crippen molar-refractivity contribution in [3.05, 3.63) is 0 Å². The fourth-order valence-corrected chi connectivity index (χ4v) is 2.34. The summed E-state index contributed by atoms with van der Waals surface area (Å²) < 4.78 is 4.45. The smallest absolute Gasteiger partial charge is 0.319 e. The van der Waals surface area contributed by atoms with Crippen LogP contribution in [0.1, 0.15) is 33.6 Å². The van der Waals surface area contributed by atoms with Gasteiger partial charge in [-0.05, 0) is 19.8 Å². The first-order valence-electron chi connectivity index (χ1n) is 4.95. The SMILES string of the molecule is CCOC(=O)C(CC)(CC)C(=O)C(Br)Br. The normalized spacial score (nSPS) is 11.6. The van der Waals surface area contributed by atoms with Gasteiger partial charge in [0.1, 0.15) is 9.15 Å². The largest absolute Gasteiger partial charge is 0.465 e. The lowest BCUT2D eigenvalue weighted by Gasteiger charge is -2.28. The Morgan fingerprint density at radius 3 is 1.93 bits per heavy atom. The summed E-state index contributed by atoms with van der Waals surface area (Å²) in [5.41, 5.74) is -1.02. The van der Waals surface area contributed by atoms with Crippen molar-refractivity contribution in [2.75, 3.05) is 6.61 Å². The van der Waals surface area contributed by atoms with Crippen LogP contribution in [0.4, 0.5) is 0 Å². The average molecular weight is 344 g/mol. The fourth-order valence-electron chi connectivity index (χ4n) is 1.47. The van der Waals surface area contributed by atoms with Crippen molar-refractivity contribution in [3.8, 4) is 0 Å². The number of ketones is 1. The second-order valence-electron chi connectivity index (χ2n) is 3.17. The van der Waals surface area contributed by atoms with Crippen LogP contribution >= 0.6 is 31.9 Å². The third kappa shape index (κ3) is 3.28. The maximum atomic E-state index is 11.9. The fraction of sp³-hybridized carbons (Fsp3) is 0.800. The first-order valence-corrected chi connectivity index (χ1v) is 6.79. The molecule has 0 bridgehead atoms. The van der Waals surface area contributed by atoms with Gasteiger partial charge in [0.2, 0.25) is 0 Å². The Hall–Kier alpha value is 0.1000. The molecule has 0 aliphatic carbocycles. The van der Waals surface area contributed by atoms with Crippen LogP contribution in [0.15, 0.2) is 0 Å². The highest BCUT2D eigenvalue weighted by Gasteiger charge is 2.45. The summed E-state index contributed by atoms with van der Waals surface area (Å²) in [4.78, 5) is 23.7. The molecular weight excluding hydrogens is 328 g/mol. The van der Waals surface area contributed by atoms with Crippen LogP contribution in [-0.4, -0.2) is 22.1 Å². The molecule has 0 unspecified atom stereocenters. The maximum absolute atomic E-state index is 11.9. The molecule has 0 N–H and O–H groups in total. The van der Waals surface area contributed by atoms with Gasteiger partial charge in [0.05, 0.1) is 6.61 Å². The second kappa shape index (κ2) is 6.63. The summed E-state index contributed by atoms with van der Waals surface area (Å²) >= 11 is 6.27. The molecule has 0 aromatic rings. The first-order chi connectivity index (χ1) is 6.96. The van der Waals surface area contributed by atoms with Gasteiger partial charge >= 0.3 is 5.97 Å². The topological polar surface area (TPSA) is 43.4 Å². The summed E-state index contributed by atoms with van der Waals surface area (Å²) in [6, 6.07) is 0. The van der Waals surface area contributed by atoms with E-state index < -0.39 is 15.1 Å². The van der Waals surface area contributed by atoms with Gasteiger partial charge in [0.25, 0.3) is 0 Å². The van der Waals surface area contributed by atoms with E-state index in [1.807, 2.05) is 13.8 Å². The van der Waals surface area contributed by atoms with Crippen LogP contribution in [0, 0.1) is 5.41 Å². The Labute approximate surface area is 107 Å². The number of hydrogen-bond donors (Lipinski definition) is 0. The standard InChI is InChI=1S/C10H16Br2O3/c1-4-10(5-2,7(13)8(11)12)9(14)15-6-3/h8H,4-6H2,1-3H3. The van der Waals surface area contributed by atoms with Gasteiger partial charge in [0, 0.05) is 0 Å². The molecule has 15 heavy (non-hydrogen) atoms. The van der Waals surface area contributed by atoms with Crippen LogP contribution in [-0.2, 0) is 14.3 Å². The van der Waals surface area contributed by atoms with Crippen molar-refractivity contribution in [3.63, 3.8) is 0 Å². The maximum Gasteiger partial charge on any atom is 0.319 e. The molecule has 0 rings (SSSR count). The summed E-state index contributed by atoms with van der Waals surface area (Å²) in [7, 11) is 0. The zero-order valence-corrected chi connectivity index (χ0v) is 12.4. The third-order valence-corrected chi connectivity index (χ3v) is 3.37. The molecule has 0 aliphatic heterocycles. The number of alkyl halides is 2. The van der Waals surface area contributed by atoms with E-state index in [2.05, 4.69) is 31.9 Å². The molecule has 0 heterocycles. The number of halogens is 2. The molecule has 0 saturated heterocycles. The van der Waals surface area contributed by atoms with E-state index in [1.54, 1.807) is 6.92 Å². The Morgan fingerprint density at radius 2 is 1.67 bits per heavy atom. The van der Waals surface area contributed by atoms with Crippen LogP contribution in [0.5, 0.6) is 0 Å². The Balaban J connectivity index is 5.03. The number of carbonyl (C=O) groups is 2. The van der Waals surface area contributed by atoms with Crippen LogP contribution in [0.25, 0.3) is 0 Å². The number of esters is 1. The number of hydrogen-bond acceptors (Lipinski definition) is 3. The van der Waals surface area contributed by atoms with Crippen LogP contribution in [0.2, 0.25) is 0 Å². The molecule has 0 fully saturated rings. The van der Waals surface area contributed by atoms with Gasteiger partial charge in [-0.1, -0.05) is 45.7 Å². The summed E-state index contributed by atoms with van der Waals surface area (Å²) in [6.45, 7) is 5.67. The third-order valence-electron chi connectivity index (χ3n) is 2.54. The predicted molar refractivity (Wildman–Crippen MR) is 66.3 cm³/mol. The number of carbonyl (C=O) groups excluding carboxylic acids is 2. The van der Waals surface area contributed by atoms with Crippen molar-refractivity contribution in [2.24, 2.45) is 5.41 Å². The van der Waals surface area contributed by atoms with E-state index in [0.29, 0.717) is 19.4 Å². The molecule has 0 aliphatic rings. The molecule has 0 aromatic carbocycles. The van der Waals surface area contributed by atoms with Gasteiger partial charge in [-0.2, -0.15) is 0 Å². The summed E-state index contributed by atoms with van der Waals surface area (Å²) in [5.74, 6) is -0.602. The van der Waals surface area contributed by atoms with Crippen LogP contribution < -0.4 is 0 Å². The van der Waals surface area contributed by atoms with Gasteiger partial charge in [0.15, 0.2) is 5.78 Å². The molecule has 0 saturated carbocycles. The van der Waals surface area contributed by atoms with Crippen molar-refractivity contribution in [2.45, 2.75) is 37.3 Å². The Morgan fingerprint density at radius 1 is 1.20 bits per heavy atom. The van der Waals surface area contributed by atoms with Gasteiger partial charge in [-0.25, -0.2) is 0 Å². The lowest BCUT2D eigenvalue weighted by molar-refractivity contribution is -0.160. The minimum Gasteiger partial charge on any atom is -0.465 e. The van der Waals surface area contributed by atoms with E-state index in [9.17, 15) is 9.59 Å². The highest BCUT2D eigenvalue weighted by molar-refractivity contribution is 9.25. The molecule has 0 atom stereocenters. The highest BCUT2D eigenvalue weighted by atomic mass is 79.9. The number of ether oxygens (including phenoxy) is 1. The van der Waals surface area contributed by atoms with Gasteiger partial charge in [-0.3, -0.25) is 9.59 Å². The van der Waals surface area contributed by atoms with Crippen molar-refractivity contribution >= 4 is 43.6 Å². The highest BCUT2D eigenvalue weighted by Crippen LogP contribution is 2.34. The molecular formula is C10H16Br2O3. The van der Waals surface area contributed by atoms with Crippen molar-refractivity contribution in [1.29, 1.82) is 0 Å². The van der Waals surface area contributed by atoms with Crippen molar-refractivity contribution in [1.82, 2.24) is 0 Å². The quantitative estimate of drug-likeness (QED) is 0.423. The molecule has 0 spiro atoms. The van der Waals surface area contributed by atoms with Crippen LogP contribution in [0.3, 0.4) is 0 Å². The van der Waals surface area contributed by atoms with E-state index >= 15 is 0 Å². The zero-order chi connectivity index (χ0) is 12.1. The second-order valence-corrected chi connectivity index (χ2v) is 6.23. The Bertz CT molecular complexity index is 235.